The fourth-order valence-electron chi connectivity index (χ4n) is 4.28. The molecule has 0 radical (unpaired) electrons. The van der Waals surface area contributed by atoms with Gasteiger partial charge in [-0.1, -0.05) is 77.2 Å². The number of fused-ring (bicyclic) bond motifs is 2. The summed E-state index contributed by atoms with van der Waals surface area (Å²) in [4.78, 5) is 8.71. The van der Waals surface area contributed by atoms with Crippen LogP contribution in [0.1, 0.15) is 5.56 Å². The minimum atomic E-state index is 0. The minimum absolute atomic E-state index is 0. The number of aromatic nitrogens is 1. The van der Waals surface area contributed by atoms with Gasteiger partial charge in [0.1, 0.15) is 5.75 Å². The van der Waals surface area contributed by atoms with E-state index < -0.39 is 0 Å². The van der Waals surface area contributed by atoms with Crippen LogP contribution < -0.4 is 4.90 Å². The monoisotopic (exact) mass is 622 g/mol. The molecule has 34 heavy (non-hydrogen) atoms. The summed E-state index contributed by atoms with van der Waals surface area (Å²) in [5, 5.41) is 14.7. The van der Waals surface area contributed by atoms with Gasteiger partial charge in [0.05, 0.1) is 5.69 Å². The van der Waals surface area contributed by atoms with E-state index in [1.54, 1.807) is 6.07 Å². The van der Waals surface area contributed by atoms with Crippen molar-refractivity contribution in [1.82, 2.24) is 9.88 Å². The normalized spacial score (nSPS) is 12.9. The van der Waals surface area contributed by atoms with Crippen LogP contribution in [0.2, 0.25) is 0 Å². The summed E-state index contributed by atoms with van der Waals surface area (Å²) in [7, 11) is 0. The molecule has 1 aromatic heterocycles. The maximum atomic E-state index is 10.2. The molecule has 0 saturated carbocycles. The summed E-state index contributed by atoms with van der Waals surface area (Å²) in [5.74, 6) is 0.256. The maximum absolute atomic E-state index is 10.2. The molecule has 2 heterocycles. The fraction of sp³-hybridized carbons (Fsp3) is 0.0345. The Hall–Kier alpha value is -3.62. The second-order valence-corrected chi connectivity index (χ2v) is 8.15. The molecule has 0 saturated heterocycles. The molecule has 0 atom stereocenters. The molecule has 0 bridgehead atoms. The van der Waals surface area contributed by atoms with E-state index in [9.17, 15) is 5.11 Å². The van der Waals surface area contributed by atoms with E-state index in [-0.39, 0.29) is 26.8 Å². The zero-order valence-corrected chi connectivity index (χ0v) is 20.5. The number of nitrogens with zero attached hydrogens (tertiary/aromatic N) is 3. The maximum Gasteiger partial charge on any atom is 2.00 e. The molecule has 5 aromatic rings. The zero-order valence-electron chi connectivity index (χ0n) is 18.2. The van der Waals surface area contributed by atoms with E-state index in [0.29, 0.717) is 6.54 Å². The summed E-state index contributed by atoms with van der Waals surface area (Å²) in [6.07, 6.45) is 5.89. The average molecular weight is 623 g/mol. The first-order valence-corrected chi connectivity index (χ1v) is 10.9. The van der Waals surface area contributed by atoms with E-state index in [2.05, 4.69) is 64.5 Å². The average Bonchev–Trinajstić information content (AvgIpc) is 3.32. The van der Waals surface area contributed by atoms with Gasteiger partial charge in [0, 0.05) is 11.9 Å². The molecular weight excluding hydrogens is 601 g/mol. The molecule has 4 aromatic carbocycles. The van der Waals surface area contributed by atoms with Crippen LogP contribution in [-0.4, -0.2) is 15.0 Å². The quantitative estimate of drug-likeness (QED) is 0.233. The molecule has 1 aliphatic heterocycles. The van der Waals surface area contributed by atoms with Gasteiger partial charge in [-0.15, -0.1) is 23.6 Å². The number of pyridine rings is 1. The summed E-state index contributed by atoms with van der Waals surface area (Å²) < 4.78 is 0. The third kappa shape index (κ3) is 4.18. The van der Waals surface area contributed by atoms with Crippen molar-refractivity contribution in [2.75, 3.05) is 4.90 Å². The molecule has 6 rings (SSSR count). The molecule has 1 aliphatic rings. The van der Waals surface area contributed by atoms with Crippen LogP contribution in [0.4, 0.5) is 5.69 Å². The number of phenolic OH excluding ortho intramolecular Hbond substituents is 1. The van der Waals surface area contributed by atoms with E-state index in [1.807, 2.05) is 60.5 Å². The Balaban J connectivity index is 0.00000241. The van der Waals surface area contributed by atoms with Gasteiger partial charge < -0.3 is 14.9 Å². The topological polar surface area (TPSA) is 39.6 Å². The molecule has 0 unspecified atom stereocenters. The first kappa shape index (κ1) is 22.2. The Morgan fingerprint density at radius 2 is 1.62 bits per heavy atom. The number of benzene rings is 4. The van der Waals surface area contributed by atoms with E-state index >= 15 is 0 Å². The Kier molecular flexibility index (Phi) is 6.08. The van der Waals surface area contributed by atoms with Crippen molar-refractivity contribution in [2.24, 2.45) is 0 Å². The van der Waals surface area contributed by atoms with Crippen molar-refractivity contribution < 1.29 is 26.2 Å². The van der Waals surface area contributed by atoms with E-state index in [0.717, 1.165) is 33.1 Å². The van der Waals surface area contributed by atoms with Gasteiger partial charge in [-0.05, 0) is 41.8 Å². The van der Waals surface area contributed by atoms with Crippen LogP contribution in [0.25, 0.3) is 32.8 Å². The van der Waals surface area contributed by atoms with Crippen molar-refractivity contribution >= 4 is 27.2 Å². The fourth-order valence-corrected chi connectivity index (χ4v) is 4.28. The van der Waals surface area contributed by atoms with Crippen LogP contribution in [-0.2, 0) is 27.6 Å². The zero-order chi connectivity index (χ0) is 22.2. The Morgan fingerprint density at radius 1 is 0.824 bits per heavy atom. The SMILES string of the molecule is Oc1ccccc1N1C=CN(Cc2cccc3ccc(-c4cc5ccccc5cn4)[c-]c23)[CH-]1.[Pt+2]. The van der Waals surface area contributed by atoms with Gasteiger partial charge in [-0.2, -0.15) is 6.67 Å². The predicted octanol–water partition coefficient (Wildman–Crippen LogP) is 6.47. The summed E-state index contributed by atoms with van der Waals surface area (Å²) in [6.45, 7) is 2.69. The number of anilines is 1. The molecule has 5 heteroatoms. The van der Waals surface area contributed by atoms with Crippen LogP contribution in [0.15, 0.2) is 104 Å². The number of aromatic hydroxyl groups is 1. The van der Waals surface area contributed by atoms with Crippen molar-refractivity contribution in [3.63, 3.8) is 0 Å². The largest absolute Gasteiger partial charge is 2.00 e. The second kappa shape index (κ2) is 9.32. The Bertz CT molecular complexity index is 1510. The van der Waals surface area contributed by atoms with Gasteiger partial charge in [0.15, 0.2) is 0 Å². The van der Waals surface area contributed by atoms with E-state index in [1.165, 1.54) is 10.9 Å². The van der Waals surface area contributed by atoms with Gasteiger partial charge in [-0.3, -0.25) is 4.98 Å². The number of phenols is 1. The number of hydrogen-bond donors (Lipinski definition) is 1. The number of hydrogen-bond acceptors (Lipinski definition) is 4. The van der Waals surface area contributed by atoms with Crippen molar-refractivity contribution in [1.29, 1.82) is 0 Å². The van der Waals surface area contributed by atoms with Gasteiger partial charge in [0.25, 0.3) is 0 Å². The molecule has 1 N–H and O–H groups in total. The Labute approximate surface area is 213 Å². The van der Waals surface area contributed by atoms with Crippen LogP contribution in [0.3, 0.4) is 0 Å². The van der Waals surface area contributed by atoms with Gasteiger partial charge in [0.2, 0.25) is 0 Å². The predicted molar refractivity (Wildman–Crippen MR) is 133 cm³/mol. The third-order valence-corrected chi connectivity index (χ3v) is 5.98. The van der Waals surface area contributed by atoms with Crippen molar-refractivity contribution in [3.05, 3.63) is 122 Å². The number of para-hydroxylation sites is 2. The smallest absolute Gasteiger partial charge is 0.510 e. The van der Waals surface area contributed by atoms with E-state index in [4.69, 9.17) is 0 Å². The summed E-state index contributed by atoms with van der Waals surface area (Å²) in [6, 6.07) is 31.9. The molecule has 168 valence electrons. The molecule has 0 spiro atoms. The summed E-state index contributed by atoms with van der Waals surface area (Å²) in [5.41, 5.74) is 3.84. The van der Waals surface area contributed by atoms with Crippen LogP contribution in [0, 0.1) is 12.7 Å². The standard InChI is InChI=1S/C29H21N3O.Pt/c33-29-11-4-3-10-28(29)32-15-14-31(20-32)19-25-9-5-8-21-12-13-23(16-26(21)25)27-17-22-6-1-2-7-24(22)18-30-27;/h1-15,17-18,20,33H,19H2;/q-2;+2. The first-order chi connectivity index (χ1) is 16.2. The molecule has 0 aliphatic carbocycles. The molecule has 0 amide bonds. The minimum Gasteiger partial charge on any atom is -0.510 e. The summed E-state index contributed by atoms with van der Waals surface area (Å²) >= 11 is 0. The molecular formula is C29H21N3OPt. The number of rotatable bonds is 4. The molecule has 0 fully saturated rings. The van der Waals surface area contributed by atoms with Crippen molar-refractivity contribution in [3.8, 4) is 17.0 Å². The van der Waals surface area contributed by atoms with Crippen LogP contribution >= 0.6 is 0 Å². The third-order valence-electron chi connectivity index (χ3n) is 5.98. The van der Waals surface area contributed by atoms with Gasteiger partial charge >= 0.3 is 21.1 Å². The van der Waals surface area contributed by atoms with Crippen molar-refractivity contribution in [2.45, 2.75) is 6.54 Å². The second-order valence-electron chi connectivity index (χ2n) is 8.15. The Morgan fingerprint density at radius 3 is 2.50 bits per heavy atom. The van der Waals surface area contributed by atoms with Gasteiger partial charge in [-0.25, -0.2) is 0 Å². The van der Waals surface area contributed by atoms with Crippen LogP contribution in [0.5, 0.6) is 5.75 Å². The molecule has 4 nitrogen and oxygen atoms in total. The first-order valence-electron chi connectivity index (χ1n) is 10.9.